The summed E-state index contributed by atoms with van der Waals surface area (Å²) in [5.41, 5.74) is 3.86. The van der Waals surface area contributed by atoms with Crippen molar-refractivity contribution in [1.29, 1.82) is 0 Å². The van der Waals surface area contributed by atoms with Crippen molar-refractivity contribution in [3.05, 3.63) is 34.9 Å². The summed E-state index contributed by atoms with van der Waals surface area (Å²) >= 11 is 0. The molecule has 2 rings (SSSR count). The van der Waals surface area contributed by atoms with Crippen molar-refractivity contribution < 1.29 is 5.11 Å². The molecule has 1 aliphatic carbocycles. The summed E-state index contributed by atoms with van der Waals surface area (Å²) in [6.45, 7) is 11.1. The van der Waals surface area contributed by atoms with Crippen LogP contribution in [0.1, 0.15) is 75.7 Å². The SMILES string of the molecule is CC(C)c1ccc(C(O)C2CC2C)c(C(C)C)c1. The molecule has 1 aromatic carbocycles. The van der Waals surface area contributed by atoms with Crippen LogP contribution in [0.5, 0.6) is 0 Å². The van der Waals surface area contributed by atoms with Crippen LogP contribution in [0, 0.1) is 11.8 Å². The Labute approximate surface area is 111 Å². The number of hydrogen-bond donors (Lipinski definition) is 1. The number of benzene rings is 1. The Bertz CT molecular complexity index is 420. The molecule has 0 bridgehead atoms. The van der Waals surface area contributed by atoms with Gasteiger partial charge in [0, 0.05) is 0 Å². The number of hydrogen-bond acceptors (Lipinski definition) is 1. The summed E-state index contributed by atoms with van der Waals surface area (Å²) in [5.74, 6) is 2.19. The van der Waals surface area contributed by atoms with E-state index in [2.05, 4.69) is 52.8 Å². The lowest BCUT2D eigenvalue weighted by Gasteiger charge is -2.20. The lowest BCUT2D eigenvalue weighted by molar-refractivity contribution is 0.147. The van der Waals surface area contributed by atoms with Crippen molar-refractivity contribution in [3.8, 4) is 0 Å². The predicted octanol–water partition coefficient (Wildman–Crippen LogP) is 4.62. The van der Waals surface area contributed by atoms with Gasteiger partial charge < -0.3 is 5.11 Å². The summed E-state index contributed by atoms with van der Waals surface area (Å²) in [7, 11) is 0. The molecule has 18 heavy (non-hydrogen) atoms. The van der Waals surface area contributed by atoms with Crippen molar-refractivity contribution in [2.75, 3.05) is 0 Å². The number of aliphatic hydroxyl groups is 1. The molecule has 0 heterocycles. The summed E-state index contributed by atoms with van der Waals surface area (Å²) in [4.78, 5) is 0. The third-order valence-electron chi connectivity index (χ3n) is 4.30. The second kappa shape index (κ2) is 5.05. The van der Waals surface area contributed by atoms with Crippen LogP contribution < -0.4 is 0 Å². The second-order valence-electron chi connectivity index (χ2n) is 6.52. The Morgan fingerprint density at radius 1 is 1.06 bits per heavy atom. The van der Waals surface area contributed by atoms with Gasteiger partial charge in [0.2, 0.25) is 0 Å². The maximum Gasteiger partial charge on any atom is 0.0823 e. The van der Waals surface area contributed by atoms with Crippen LogP contribution in [-0.2, 0) is 0 Å². The van der Waals surface area contributed by atoms with Gasteiger partial charge in [-0.1, -0.05) is 52.8 Å². The van der Waals surface area contributed by atoms with Crippen molar-refractivity contribution >= 4 is 0 Å². The second-order valence-corrected chi connectivity index (χ2v) is 6.52. The molecule has 0 aromatic heterocycles. The fourth-order valence-electron chi connectivity index (χ4n) is 2.74. The van der Waals surface area contributed by atoms with Crippen LogP contribution in [0.2, 0.25) is 0 Å². The highest BCUT2D eigenvalue weighted by Gasteiger charge is 2.40. The third-order valence-corrected chi connectivity index (χ3v) is 4.30. The van der Waals surface area contributed by atoms with Gasteiger partial charge in [0.1, 0.15) is 0 Å². The van der Waals surface area contributed by atoms with Gasteiger partial charge in [-0.3, -0.25) is 0 Å². The zero-order chi connectivity index (χ0) is 13.4. The molecule has 100 valence electrons. The van der Waals surface area contributed by atoms with Gasteiger partial charge in [-0.25, -0.2) is 0 Å². The molecule has 3 atom stereocenters. The molecular formula is C17H26O. The highest BCUT2D eigenvalue weighted by Crippen LogP contribution is 2.48. The average molecular weight is 246 g/mol. The minimum absolute atomic E-state index is 0.265. The lowest BCUT2D eigenvalue weighted by atomic mass is 9.88. The monoisotopic (exact) mass is 246 g/mol. The van der Waals surface area contributed by atoms with E-state index in [0.717, 1.165) is 5.56 Å². The Kier molecular flexibility index (Phi) is 3.82. The summed E-state index contributed by atoms with van der Waals surface area (Å²) < 4.78 is 0. The first-order valence-electron chi connectivity index (χ1n) is 7.23. The van der Waals surface area contributed by atoms with E-state index in [4.69, 9.17) is 0 Å². The van der Waals surface area contributed by atoms with Gasteiger partial charge in [-0.2, -0.15) is 0 Å². The van der Waals surface area contributed by atoms with E-state index in [1.165, 1.54) is 17.5 Å². The molecule has 3 unspecified atom stereocenters. The van der Waals surface area contributed by atoms with Crippen molar-refractivity contribution in [2.24, 2.45) is 11.8 Å². The first-order valence-corrected chi connectivity index (χ1v) is 7.23. The first-order chi connectivity index (χ1) is 8.41. The summed E-state index contributed by atoms with van der Waals surface area (Å²) in [5, 5.41) is 10.5. The molecule has 0 radical (unpaired) electrons. The van der Waals surface area contributed by atoms with E-state index in [-0.39, 0.29) is 6.10 Å². The molecule has 0 saturated heterocycles. The topological polar surface area (TPSA) is 20.2 Å². The maximum atomic E-state index is 10.5. The van der Waals surface area contributed by atoms with Gasteiger partial charge in [-0.15, -0.1) is 0 Å². The van der Waals surface area contributed by atoms with Crippen molar-refractivity contribution in [1.82, 2.24) is 0 Å². The highest BCUT2D eigenvalue weighted by atomic mass is 16.3. The molecular weight excluding hydrogens is 220 g/mol. The molecule has 0 spiro atoms. The van der Waals surface area contributed by atoms with Gasteiger partial charge in [-0.05, 0) is 46.8 Å². The zero-order valence-electron chi connectivity index (χ0n) is 12.3. The third kappa shape index (κ3) is 2.61. The lowest BCUT2D eigenvalue weighted by Crippen LogP contribution is -2.07. The molecule has 0 amide bonds. The molecule has 1 N–H and O–H groups in total. The van der Waals surface area contributed by atoms with Gasteiger partial charge in [0.05, 0.1) is 6.10 Å². The van der Waals surface area contributed by atoms with E-state index in [1.54, 1.807) is 0 Å². The molecule has 1 heteroatoms. The molecule has 1 aromatic rings. The van der Waals surface area contributed by atoms with E-state index in [9.17, 15) is 5.11 Å². The van der Waals surface area contributed by atoms with Crippen LogP contribution in [0.15, 0.2) is 18.2 Å². The van der Waals surface area contributed by atoms with E-state index < -0.39 is 0 Å². The van der Waals surface area contributed by atoms with E-state index in [1.807, 2.05) is 0 Å². The van der Waals surface area contributed by atoms with Gasteiger partial charge in [0.15, 0.2) is 0 Å². The fourth-order valence-corrected chi connectivity index (χ4v) is 2.74. The molecule has 1 aliphatic rings. The molecule has 1 fully saturated rings. The number of aliphatic hydroxyl groups excluding tert-OH is 1. The van der Waals surface area contributed by atoms with Crippen molar-refractivity contribution in [3.63, 3.8) is 0 Å². The van der Waals surface area contributed by atoms with Crippen molar-refractivity contribution in [2.45, 2.75) is 59.0 Å². The van der Waals surface area contributed by atoms with Crippen LogP contribution in [0.3, 0.4) is 0 Å². The minimum Gasteiger partial charge on any atom is -0.388 e. The molecule has 0 aliphatic heterocycles. The Morgan fingerprint density at radius 3 is 2.11 bits per heavy atom. The summed E-state index contributed by atoms with van der Waals surface area (Å²) in [6, 6.07) is 6.63. The van der Waals surface area contributed by atoms with Crippen LogP contribution >= 0.6 is 0 Å². The van der Waals surface area contributed by atoms with E-state index in [0.29, 0.717) is 23.7 Å². The first kappa shape index (κ1) is 13.6. The Hall–Kier alpha value is -0.820. The predicted molar refractivity (Wildman–Crippen MR) is 76.9 cm³/mol. The normalized spacial score (nSPS) is 24.7. The summed E-state index contributed by atoms with van der Waals surface area (Å²) in [6.07, 6.45) is 0.906. The molecule has 1 nitrogen and oxygen atoms in total. The maximum absolute atomic E-state index is 10.5. The standard InChI is InChI=1S/C17H26O/c1-10(2)13-6-7-14(15(9-13)11(3)4)17(18)16-8-12(16)5/h6-7,9-12,16-18H,8H2,1-5H3. The average Bonchev–Trinajstić information content (AvgIpc) is 3.04. The number of rotatable bonds is 4. The van der Waals surface area contributed by atoms with E-state index >= 15 is 0 Å². The van der Waals surface area contributed by atoms with Crippen LogP contribution in [0.25, 0.3) is 0 Å². The zero-order valence-corrected chi connectivity index (χ0v) is 12.3. The minimum atomic E-state index is -0.265. The highest BCUT2D eigenvalue weighted by molar-refractivity contribution is 5.37. The fraction of sp³-hybridized carbons (Fsp3) is 0.647. The largest absolute Gasteiger partial charge is 0.388 e. The Morgan fingerprint density at radius 2 is 1.67 bits per heavy atom. The van der Waals surface area contributed by atoms with Gasteiger partial charge in [0.25, 0.3) is 0 Å². The Balaban J connectivity index is 2.34. The van der Waals surface area contributed by atoms with Crippen LogP contribution in [0.4, 0.5) is 0 Å². The van der Waals surface area contributed by atoms with Gasteiger partial charge >= 0.3 is 0 Å². The molecule has 1 saturated carbocycles. The smallest absolute Gasteiger partial charge is 0.0823 e. The van der Waals surface area contributed by atoms with Crippen LogP contribution in [-0.4, -0.2) is 5.11 Å². The quantitative estimate of drug-likeness (QED) is 0.821.